The number of carbonyl (C=O) groups is 1. The van der Waals surface area contributed by atoms with Crippen LogP contribution in [0.25, 0.3) is 16.8 Å². The number of pyridine rings is 2. The van der Waals surface area contributed by atoms with Crippen LogP contribution in [0.1, 0.15) is 16.8 Å². The summed E-state index contributed by atoms with van der Waals surface area (Å²) in [5.41, 5.74) is 5.78. The van der Waals surface area contributed by atoms with E-state index in [1.54, 1.807) is 22.9 Å². The van der Waals surface area contributed by atoms with E-state index in [4.69, 9.17) is 0 Å². The lowest BCUT2D eigenvalue weighted by atomic mass is 9.97. The molecule has 28 heavy (non-hydrogen) atoms. The first-order valence-corrected chi connectivity index (χ1v) is 8.94. The van der Waals surface area contributed by atoms with E-state index in [1.165, 1.54) is 12.3 Å². The summed E-state index contributed by atoms with van der Waals surface area (Å²) in [5.74, 6) is -0.130. The van der Waals surface area contributed by atoms with Crippen LogP contribution in [0.2, 0.25) is 0 Å². The third-order valence-corrected chi connectivity index (χ3v) is 4.55. The van der Waals surface area contributed by atoms with Gasteiger partial charge in [-0.2, -0.15) is 0 Å². The van der Waals surface area contributed by atoms with Gasteiger partial charge in [0.15, 0.2) is 5.82 Å². The maximum absolute atomic E-state index is 13.3. The molecule has 6 heteroatoms. The fourth-order valence-corrected chi connectivity index (χ4v) is 3.27. The van der Waals surface area contributed by atoms with Crippen molar-refractivity contribution in [1.82, 2.24) is 14.4 Å². The van der Waals surface area contributed by atoms with Crippen molar-refractivity contribution < 1.29 is 9.18 Å². The Labute approximate surface area is 161 Å². The number of amides is 1. The third kappa shape index (κ3) is 3.76. The molecular weight excluding hydrogens is 355 g/mol. The summed E-state index contributed by atoms with van der Waals surface area (Å²) in [5, 5.41) is 2.77. The summed E-state index contributed by atoms with van der Waals surface area (Å²) in [6, 6.07) is 12.9. The summed E-state index contributed by atoms with van der Waals surface area (Å²) < 4.78 is 14.8. The van der Waals surface area contributed by atoms with Crippen LogP contribution >= 0.6 is 0 Å². The molecule has 1 aromatic carbocycles. The Hall–Kier alpha value is -3.54. The number of nitrogens with zero attached hydrogens (tertiary/aromatic N) is 3. The molecule has 0 aliphatic heterocycles. The Morgan fingerprint density at radius 2 is 1.96 bits per heavy atom. The van der Waals surface area contributed by atoms with Gasteiger partial charge >= 0.3 is 0 Å². The van der Waals surface area contributed by atoms with Crippen molar-refractivity contribution in [2.45, 2.75) is 20.3 Å². The molecule has 0 aliphatic carbocycles. The molecule has 4 rings (SSSR count). The van der Waals surface area contributed by atoms with E-state index in [1.807, 2.05) is 44.2 Å². The molecule has 0 bridgehead atoms. The highest BCUT2D eigenvalue weighted by atomic mass is 19.1. The van der Waals surface area contributed by atoms with E-state index in [0.29, 0.717) is 11.5 Å². The highest BCUT2D eigenvalue weighted by molar-refractivity contribution is 5.91. The highest BCUT2D eigenvalue weighted by Crippen LogP contribution is 2.24. The number of carbonyl (C=O) groups excluding carboxylic acids is 1. The van der Waals surface area contributed by atoms with Crippen LogP contribution in [-0.2, 0) is 11.2 Å². The lowest BCUT2D eigenvalue weighted by Gasteiger charge is -2.09. The van der Waals surface area contributed by atoms with Gasteiger partial charge in [-0.1, -0.05) is 18.2 Å². The fraction of sp³-hybridized carbons (Fsp3) is 0.136. The number of halogens is 1. The number of rotatable bonds is 4. The first-order valence-electron chi connectivity index (χ1n) is 8.94. The van der Waals surface area contributed by atoms with Gasteiger partial charge in [0.1, 0.15) is 11.5 Å². The van der Waals surface area contributed by atoms with E-state index < -0.39 is 0 Å². The molecule has 1 amide bonds. The van der Waals surface area contributed by atoms with Crippen molar-refractivity contribution >= 4 is 17.4 Å². The molecule has 3 aromatic heterocycles. The summed E-state index contributed by atoms with van der Waals surface area (Å²) in [7, 11) is 0. The number of aromatic nitrogens is 3. The zero-order valence-corrected chi connectivity index (χ0v) is 15.6. The summed E-state index contributed by atoms with van der Waals surface area (Å²) in [6.07, 6.45) is 4.95. The summed E-state index contributed by atoms with van der Waals surface area (Å²) in [4.78, 5) is 20.9. The number of fused-ring (bicyclic) bond motifs is 1. The molecule has 4 aromatic rings. The molecule has 0 spiro atoms. The van der Waals surface area contributed by atoms with Gasteiger partial charge < -0.3 is 9.72 Å². The first kappa shape index (κ1) is 17.9. The lowest BCUT2D eigenvalue weighted by Crippen LogP contribution is -2.14. The zero-order chi connectivity index (χ0) is 19.7. The second kappa shape index (κ2) is 7.23. The Kier molecular flexibility index (Phi) is 4.61. The van der Waals surface area contributed by atoms with Crippen LogP contribution < -0.4 is 5.32 Å². The SMILES string of the molecule is Cc1cc(-c2ccc(CC(=O)Nc3cn4cc(F)ccc4n3)cc2C)ccn1. The van der Waals surface area contributed by atoms with Gasteiger partial charge in [0.05, 0.1) is 12.6 Å². The third-order valence-electron chi connectivity index (χ3n) is 4.55. The predicted octanol–water partition coefficient (Wildman–Crippen LogP) is 4.33. The monoisotopic (exact) mass is 374 g/mol. The number of hydrogen-bond donors (Lipinski definition) is 1. The second-order valence-corrected chi connectivity index (χ2v) is 6.80. The topological polar surface area (TPSA) is 59.3 Å². The van der Waals surface area contributed by atoms with Gasteiger partial charge in [0.25, 0.3) is 0 Å². The molecule has 0 fully saturated rings. The first-order chi connectivity index (χ1) is 13.5. The van der Waals surface area contributed by atoms with Crippen molar-refractivity contribution in [2.75, 3.05) is 5.32 Å². The van der Waals surface area contributed by atoms with Crippen molar-refractivity contribution in [3.63, 3.8) is 0 Å². The number of nitrogens with one attached hydrogen (secondary N) is 1. The normalized spacial score (nSPS) is 11.0. The predicted molar refractivity (Wildman–Crippen MR) is 107 cm³/mol. The fourth-order valence-electron chi connectivity index (χ4n) is 3.27. The second-order valence-electron chi connectivity index (χ2n) is 6.80. The molecule has 0 saturated heterocycles. The quantitative estimate of drug-likeness (QED) is 0.578. The van der Waals surface area contributed by atoms with Gasteiger partial charge in [0, 0.05) is 18.1 Å². The molecule has 0 aliphatic rings. The summed E-state index contributed by atoms with van der Waals surface area (Å²) in [6.45, 7) is 3.99. The number of benzene rings is 1. The maximum Gasteiger partial charge on any atom is 0.229 e. The minimum Gasteiger partial charge on any atom is -0.309 e. The van der Waals surface area contributed by atoms with Crippen molar-refractivity contribution in [2.24, 2.45) is 0 Å². The maximum atomic E-state index is 13.3. The van der Waals surface area contributed by atoms with Crippen LogP contribution in [-0.4, -0.2) is 20.3 Å². The van der Waals surface area contributed by atoms with Gasteiger partial charge in [-0.15, -0.1) is 0 Å². The van der Waals surface area contributed by atoms with E-state index in [-0.39, 0.29) is 18.1 Å². The molecule has 5 nitrogen and oxygen atoms in total. The average Bonchev–Trinajstić information content (AvgIpc) is 3.02. The number of aryl methyl sites for hydroxylation is 2. The molecule has 0 atom stereocenters. The summed E-state index contributed by atoms with van der Waals surface area (Å²) >= 11 is 0. The van der Waals surface area contributed by atoms with Gasteiger partial charge in [-0.05, 0) is 60.4 Å². The molecule has 0 saturated carbocycles. The van der Waals surface area contributed by atoms with Crippen LogP contribution in [0.4, 0.5) is 10.2 Å². The molecule has 3 heterocycles. The molecular formula is C22H19FN4O. The smallest absolute Gasteiger partial charge is 0.229 e. The zero-order valence-electron chi connectivity index (χ0n) is 15.6. The van der Waals surface area contributed by atoms with Crippen LogP contribution in [0.15, 0.2) is 61.1 Å². The van der Waals surface area contributed by atoms with Crippen LogP contribution in [0, 0.1) is 19.7 Å². The number of imidazole rings is 1. The van der Waals surface area contributed by atoms with E-state index in [9.17, 15) is 9.18 Å². The standard InChI is InChI=1S/C22H19FN4O/c1-14-9-16(3-5-19(14)17-7-8-24-15(2)10-17)11-22(28)26-20-13-27-12-18(23)4-6-21(27)25-20/h3-10,12-13H,11H2,1-2H3,(H,26,28). The Morgan fingerprint density at radius 1 is 1.11 bits per heavy atom. The Balaban J connectivity index is 1.48. The van der Waals surface area contributed by atoms with E-state index in [2.05, 4.69) is 15.3 Å². The Morgan fingerprint density at radius 3 is 2.75 bits per heavy atom. The number of hydrogen-bond acceptors (Lipinski definition) is 3. The van der Waals surface area contributed by atoms with Gasteiger partial charge in [-0.25, -0.2) is 9.37 Å². The van der Waals surface area contributed by atoms with Crippen molar-refractivity contribution in [3.8, 4) is 11.1 Å². The van der Waals surface area contributed by atoms with E-state index >= 15 is 0 Å². The van der Waals surface area contributed by atoms with Crippen LogP contribution in [0.3, 0.4) is 0 Å². The lowest BCUT2D eigenvalue weighted by molar-refractivity contribution is -0.115. The number of anilines is 1. The largest absolute Gasteiger partial charge is 0.309 e. The minimum absolute atomic E-state index is 0.171. The molecule has 140 valence electrons. The van der Waals surface area contributed by atoms with Gasteiger partial charge in [-0.3, -0.25) is 9.78 Å². The minimum atomic E-state index is -0.359. The van der Waals surface area contributed by atoms with Crippen molar-refractivity contribution in [1.29, 1.82) is 0 Å². The van der Waals surface area contributed by atoms with Gasteiger partial charge in [0.2, 0.25) is 5.91 Å². The Bertz CT molecular complexity index is 1180. The molecule has 0 unspecified atom stereocenters. The van der Waals surface area contributed by atoms with Crippen LogP contribution in [0.5, 0.6) is 0 Å². The molecule has 1 N–H and O–H groups in total. The van der Waals surface area contributed by atoms with E-state index in [0.717, 1.165) is 27.9 Å². The average molecular weight is 374 g/mol. The highest BCUT2D eigenvalue weighted by Gasteiger charge is 2.10. The molecule has 0 radical (unpaired) electrons. The van der Waals surface area contributed by atoms with Crippen molar-refractivity contribution in [3.05, 3.63) is 83.7 Å².